The van der Waals surface area contributed by atoms with Gasteiger partial charge < -0.3 is 55.1 Å². The van der Waals surface area contributed by atoms with E-state index >= 15 is 0 Å². The number of aromatic carboxylic acids is 2. The number of carboxylic acid groups (broad SMARTS) is 2. The van der Waals surface area contributed by atoms with Crippen LogP contribution < -0.4 is 44.9 Å². The maximum Gasteiger partial charge on any atom is 0.373 e. The molecular formula is C90H94N14O17. The number of ether oxygens (including phenoxy) is 1. The minimum atomic E-state index is -1.04. The Morgan fingerprint density at radius 2 is 0.851 bits per heavy atom. The predicted molar refractivity (Wildman–Crippen MR) is 458 cm³/mol. The zero-order chi connectivity index (χ0) is 90.9. The number of pyridine rings is 7. The summed E-state index contributed by atoms with van der Waals surface area (Å²) < 4.78 is 5.53. The maximum atomic E-state index is 11.1. The molecule has 14 aromatic rings. The first-order valence-corrected chi connectivity index (χ1v) is 36.7. The molecule has 14 rings (SSSR count). The van der Waals surface area contributed by atoms with Crippen LogP contribution in [0.3, 0.4) is 0 Å². The van der Waals surface area contributed by atoms with E-state index in [-0.39, 0.29) is 48.0 Å². The fraction of sp³-hybridized carbons (Fsp3) is 0.211. The van der Waals surface area contributed by atoms with E-state index in [1.807, 2.05) is 174 Å². The van der Waals surface area contributed by atoms with Crippen LogP contribution in [0.1, 0.15) is 126 Å². The average molecular weight is 1640 g/mol. The number of carbonyl (C=O) groups excluding carboxylic acids is 12. The summed E-state index contributed by atoms with van der Waals surface area (Å²) in [5.41, 5.74) is 60.9. The van der Waals surface area contributed by atoms with Crippen LogP contribution >= 0.6 is 0 Å². The van der Waals surface area contributed by atoms with Gasteiger partial charge in [-0.2, -0.15) is 57.5 Å². The predicted octanol–water partition coefficient (Wildman–Crippen LogP) is 14.4. The monoisotopic (exact) mass is 1640 g/mol. The molecule has 0 radical (unpaired) electrons. The number of benzene rings is 7. The van der Waals surface area contributed by atoms with Crippen molar-refractivity contribution in [3.8, 4) is 5.75 Å². The Morgan fingerprint density at radius 1 is 0.397 bits per heavy atom. The van der Waals surface area contributed by atoms with Crippen molar-refractivity contribution < 1.29 is 82.1 Å². The number of aromatic nitrogens is 7. The molecule has 0 saturated heterocycles. The van der Waals surface area contributed by atoms with Gasteiger partial charge in [0.15, 0.2) is 0 Å². The Labute approximate surface area is 695 Å². The van der Waals surface area contributed by atoms with Crippen LogP contribution in [0.25, 0.3) is 76.3 Å². The highest BCUT2D eigenvalue weighted by Crippen LogP contribution is 2.32. The summed E-state index contributed by atoms with van der Waals surface area (Å²) in [4.78, 5) is 150. The van der Waals surface area contributed by atoms with Crippen LogP contribution in [0.15, 0.2) is 189 Å². The summed E-state index contributed by atoms with van der Waals surface area (Å²) in [5, 5.41) is 24.7. The molecule has 31 heteroatoms. The van der Waals surface area contributed by atoms with E-state index in [1.165, 1.54) is 22.9 Å². The number of fused-ring (bicyclic) bond motifs is 7. The number of nitrogens with zero attached hydrogens (tertiary/aromatic N) is 7. The normalized spacial score (nSPS) is 9.58. The van der Waals surface area contributed by atoms with Gasteiger partial charge in [-0.05, 0) is 198 Å². The first-order valence-electron chi connectivity index (χ1n) is 36.7. The number of anilines is 7. The zero-order valence-corrected chi connectivity index (χ0v) is 68.5. The van der Waals surface area contributed by atoms with Crippen LogP contribution in [0.5, 0.6) is 5.75 Å². The van der Waals surface area contributed by atoms with E-state index in [2.05, 4.69) is 87.7 Å². The second-order valence-corrected chi connectivity index (χ2v) is 26.9. The largest absolute Gasteiger partial charge is 0.494 e. The molecule has 7 aromatic heterocycles. The third-order valence-electron chi connectivity index (χ3n) is 16.8. The van der Waals surface area contributed by atoms with Crippen LogP contribution in [-0.4, -0.2) is 101 Å². The first kappa shape index (κ1) is 101. The summed E-state index contributed by atoms with van der Waals surface area (Å²) in [5.74, 6) is -1.22. The quantitative estimate of drug-likeness (QED) is 0.0614. The minimum absolute atomic E-state index is 0.0612. The van der Waals surface area contributed by atoms with Crippen LogP contribution in [0.2, 0.25) is 0 Å². The van der Waals surface area contributed by atoms with Gasteiger partial charge in [0.05, 0.1) is 62.3 Å². The highest BCUT2D eigenvalue weighted by atomic mass is 16.5. The molecule has 0 aliphatic heterocycles. The average Bonchev–Trinajstić information content (AvgIpc) is 0.752. The number of nitrogen functional groups attached to an aromatic ring is 7. The molecule has 626 valence electrons. The Kier molecular flexibility index (Phi) is 44.5. The summed E-state index contributed by atoms with van der Waals surface area (Å²) in [6.07, 6.45) is 14.1. The number of carboxylic acids is 2. The smallest absolute Gasteiger partial charge is 0.373 e. The van der Waals surface area contributed by atoms with Crippen molar-refractivity contribution in [1.82, 2.24) is 34.9 Å². The molecule has 0 spiro atoms. The standard InChI is InChI=1S/C16H22N2.2C13H14N2O2.C12H14N2O.3C10H10N2.6CO2/c1-11-10-13(17)15-12(8-9-16(2,3)4)6-5-7-14(15)18-11;1-3-8-4-5-10-9(6-8)12(14)11(13(16)17)7(2)15-10;1-2-3-8-4-5-11-9(6-8)12(14)10(7-15-11)13(16)17;1-2-7-15-9-3-4-12-10(8-9)11(13)5-6-14-12;1-7-2-3-10-8(6-7)9(11)4-5-12-10;1-7-2-3-8-9(11)4-5-12-10(8)6-7;1-7-6-9(11)8-4-2-3-5-10(8)12-7;6*2-1-3/h5-7,10H,8-9H2,1-4H3,(H2,17,18);4-6H,3H2,1-2H3,(H2,14,15)(H,16,17);4-7H,2-3H2,1H3,(H2,14,15)(H,16,17);3-6,8H,2,7H2,1H3,(H2,13,14);3*2-6H,1H3,(H2,11,12);;;;;;. The van der Waals surface area contributed by atoms with Crippen LogP contribution in [0.4, 0.5) is 39.8 Å². The van der Waals surface area contributed by atoms with E-state index < -0.39 is 11.9 Å². The minimum Gasteiger partial charge on any atom is -0.494 e. The number of para-hydroxylation sites is 1. The van der Waals surface area contributed by atoms with Gasteiger partial charge in [-0.25, -0.2) is 9.59 Å². The van der Waals surface area contributed by atoms with Crippen LogP contribution in [-0.2, 0) is 76.8 Å². The molecule has 0 saturated carbocycles. The number of carbonyl (C=O) groups is 2. The molecule has 0 aliphatic carbocycles. The van der Waals surface area contributed by atoms with Gasteiger partial charge >= 0.3 is 48.8 Å². The Morgan fingerprint density at radius 3 is 1.40 bits per heavy atom. The zero-order valence-electron chi connectivity index (χ0n) is 68.5. The molecule has 0 bridgehead atoms. The second-order valence-electron chi connectivity index (χ2n) is 26.9. The summed E-state index contributed by atoms with van der Waals surface area (Å²) in [7, 11) is 0. The van der Waals surface area contributed by atoms with Gasteiger partial charge in [-0.15, -0.1) is 0 Å². The lowest BCUT2D eigenvalue weighted by Gasteiger charge is -2.18. The molecule has 7 heterocycles. The first-order chi connectivity index (χ1) is 57.6. The summed E-state index contributed by atoms with van der Waals surface area (Å²) in [6, 6.07) is 53.0. The Bertz CT molecular complexity index is 5920. The van der Waals surface area contributed by atoms with Crippen molar-refractivity contribution >= 4 is 165 Å². The molecule has 0 amide bonds. The lowest BCUT2D eigenvalue weighted by Crippen LogP contribution is -2.07. The van der Waals surface area contributed by atoms with Gasteiger partial charge in [-0.1, -0.05) is 114 Å². The lowest BCUT2D eigenvalue weighted by atomic mass is 9.87. The highest BCUT2D eigenvalue weighted by Gasteiger charge is 2.18. The van der Waals surface area contributed by atoms with Crippen molar-refractivity contribution in [2.75, 3.05) is 46.7 Å². The van der Waals surface area contributed by atoms with Crippen molar-refractivity contribution in [2.24, 2.45) is 5.41 Å². The molecule has 0 atom stereocenters. The van der Waals surface area contributed by atoms with Crippen molar-refractivity contribution in [1.29, 1.82) is 0 Å². The van der Waals surface area contributed by atoms with Gasteiger partial charge in [-0.3, -0.25) is 34.9 Å². The molecule has 0 aliphatic rings. The summed E-state index contributed by atoms with van der Waals surface area (Å²) in [6.45, 7) is 23.4. The van der Waals surface area contributed by atoms with Gasteiger partial charge in [0, 0.05) is 102 Å². The van der Waals surface area contributed by atoms with Gasteiger partial charge in [0.25, 0.3) is 0 Å². The third-order valence-corrected chi connectivity index (χ3v) is 16.8. The third kappa shape index (κ3) is 33.4. The fourth-order valence-corrected chi connectivity index (χ4v) is 11.4. The van der Waals surface area contributed by atoms with Gasteiger partial charge in [0.2, 0.25) is 0 Å². The van der Waals surface area contributed by atoms with Crippen LogP contribution in [0, 0.1) is 40.0 Å². The summed E-state index contributed by atoms with van der Waals surface area (Å²) >= 11 is 0. The van der Waals surface area contributed by atoms with Crippen molar-refractivity contribution in [2.45, 2.75) is 115 Å². The number of hydrogen-bond acceptors (Lipinski definition) is 29. The Balaban J connectivity index is 0.000000464. The maximum absolute atomic E-state index is 11.1. The molecule has 31 nitrogen and oxygen atoms in total. The van der Waals surface area contributed by atoms with Crippen molar-refractivity contribution in [3.05, 3.63) is 245 Å². The molecular weight excluding hydrogens is 1550 g/mol. The number of aryl methyl sites for hydroxylation is 8. The van der Waals surface area contributed by atoms with E-state index in [9.17, 15) is 9.59 Å². The number of hydrogen-bond donors (Lipinski definition) is 9. The Hall–Kier alpha value is -16.0. The second kappa shape index (κ2) is 53.2. The number of rotatable bonds is 10. The van der Waals surface area contributed by atoms with E-state index in [4.69, 9.17) is 113 Å². The van der Waals surface area contributed by atoms with Gasteiger partial charge in [0.1, 0.15) is 16.9 Å². The highest BCUT2D eigenvalue weighted by molar-refractivity contribution is 6.05. The SMILES string of the molecule is CCCOc1ccc2nccc(N)c2c1.CCCc1ccc2ncc(C(=O)O)c(N)c2c1.CCc1ccc2nc(C)c(C(=O)O)c(N)c2c1.Cc1cc(N)c2c(CCC(C)(C)C)cccc2n1.Cc1cc(N)c2ccccc2n1.Cc1ccc2c(N)ccnc2c1.Cc1ccc2nccc(N)c2c1.O=C=O.O=C=O.O=C=O.O=C=O.O=C=O.O=C=O. The molecule has 16 N–H and O–H groups in total. The lowest BCUT2D eigenvalue weighted by molar-refractivity contribution is -0.193. The topological polar surface area (TPSA) is 561 Å². The van der Waals surface area contributed by atoms with E-state index in [0.717, 1.165) is 173 Å². The fourth-order valence-electron chi connectivity index (χ4n) is 11.4. The number of nitrogens with two attached hydrogens (primary N) is 7. The van der Waals surface area contributed by atoms with E-state index in [1.54, 1.807) is 31.6 Å². The molecule has 7 aromatic carbocycles. The molecule has 0 unspecified atom stereocenters. The van der Waals surface area contributed by atoms with E-state index in [0.29, 0.717) is 27.9 Å². The molecule has 121 heavy (non-hydrogen) atoms. The van der Waals surface area contributed by atoms with Crippen molar-refractivity contribution in [3.63, 3.8) is 0 Å². The molecule has 0 fully saturated rings.